The van der Waals surface area contributed by atoms with Gasteiger partial charge in [0.05, 0.1) is 13.2 Å². The van der Waals surface area contributed by atoms with E-state index in [1.165, 1.54) is 0 Å². The highest BCUT2D eigenvalue weighted by atomic mass is 19.4. The van der Waals surface area contributed by atoms with Gasteiger partial charge in [-0.2, -0.15) is 79.0 Å². The predicted molar refractivity (Wildman–Crippen MR) is 81.4 cm³/mol. The Labute approximate surface area is 206 Å². The molecule has 25 heteroatoms. The van der Waals surface area contributed by atoms with E-state index < -0.39 is 93.5 Å². The molecule has 40 heavy (non-hydrogen) atoms. The molecule has 242 valence electrons. The summed E-state index contributed by atoms with van der Waals surface area (Å²) in [7, 11) is 0. The lowest BCUT2D eigenvalue weighted by molar-refractivity contribution is -0.451. The Morgan fingerprint density at radius 2 is 0.725 bits per heavy atom. The zero-order valence-corrected chi connectivity index (χ0v) is 18.2. The zero-order chi connectivity index (χ0) is 32.4. The first-order valence-corrected chi connectivity index (χ1v) is 9.23. The van der Waals surface area contributed by atoms with Crippen LogP contribution in [0.1, 0.15) is 0 Å². The average molecular weight is 652 g/mol. The molecule has 0 aromatic heterocycles. The van der Waals surface area contributed by atoms with Gasteiger partial charge in [0.1, 0.15) is 19.3 Å². The van der Waals surface area contributed by atoms with Gasteiger partial charge >= 0.3 is 48.3 Å². The second-order valence-corrected chi connectivity index (χ2v) is 7.25. The minimum Gasteiger partial charge on any atom is -0.388 e. The summed E-state index contributed by atoms with van der Waals surface area (Å²) in [5.74, 6) is -25.2. The Morgan fingerprint density at radius 1 is 0.475 bits per heavy atom. The van der Waals surface area contributed by atoms with Crippen molar-refractivity contribution in [2.24, 2.45) is 0 Å². The van der Waals surface area contributed by atoms with Gasteiger partial charge in [0, 0.05) is 0 Å². The van der Waals surface area contributed by atoms with E-state index in [4.69, 9.17) is 0 Å². The Hall–Kier alpha value is -1.60. The smallest absolute Gasteiger partial charge is 0.388 e. The number of ether oxygens (including phenoxy) is 4. The molecule has 0 aliphatic carbocycles. The van der Waals surface area contributed by atoms with Gasteiger partial charge in [-0.15, -0.1) is 0 Å². The molecular weight excluding hydrogens is 640 g/mol. The number of rotatable bonds is 16. The molecule has 0 saturated heterocycles. The molecule has 2 atom stereocenters. The summed E-state index contributed by atoms with van der Waals surface area (Å²) < 4.78 is 264. The lowest BCUT2D eigenvalue weighted by Gasteiger charge is -2.31. The van der Waals surface area contributed by atoms with Gasteiger partial charge in [-0.25, -0.2) is 8.78 Å². The fraction of sp³-hybridized carbons (Fsp3) is 1.00. The third-order valence-corrected chi connectivity index (χ3v) is 3.82. The standard InChI is InChI=1S/C15H12F20O5/c16-6(39-14(32,33)10(22,23)12(26,27)28)8(18,19)3-37-1-5(36)2-38-4-9(20,21)7(17)40-15(34,35)11(24,25)13(29,30)31/h5-7,36H,1-4H2. The third kappa shape index (κ3) is 9.20. The molecule has 0 aliphatic heterocycles. The van der Waals surface area contributed by atoms with E-state index in [0.29, 0.717) is 0 Å². The van der Waals surface area contributed by atoms with Gasteiger partial charge in [-0.05, 0) is 0 Å². The maximum absolute atomic E-state index is 13.3. The van der Waals surface area contributed by atoms with Gasteiger partial charge in [0.25, 0.3) is 12.7 Å². The van der Waals surface area contributed by atoms with Gasteiger partial charge < -0.3 is 14.6 Å². The Balaban J connectivity index is 4.86. The van der Waals surface area contributed by atoms with E-state index in [0.717, 1.165) is 0 Å². The van der Waals surface area contributed by atoms with Crippen LogP contribution in [0.4, 0.5) is 87.8 Å². The van der Waals surface area contributed by atoms with Crippen molar-refractivity contribution in [2.75, 3.05) is 26.4 Å². The third-order valence-electron chi connectivity index (χ3n) is 3.82. The van der Waals surface area contributed by atoms with E-state index in [1.807, 2.05) is 0 Å². The second-order valence-electron chi connectivity index (χ2n) is 7.25. The zero-order valence-electron chi connectivity index (χ0n) is 18.2. The quantitative estimate of drug-likeness (QED) is 0.212. The fourth-order valence-electron chi connectivity index (χ4n) is 1.75. The number of aliphatic hydroxyl groups excluding tert-OH is 1. The summed E-state index contributed by atoms with van der Waals surface area (Å²) in [5.41, 5.74) is 0. The molecule has 0 aliphatic rings. The van der Waals surface area contributed by atoms with Crippen LogP contribution in [-0.2, 0) is 18.9 Å². The number of halogens is 20. The Morgan fingerprint density at radius 3 is 0.950 bits per heavy atom. The maximum Gasteiger partial charge on any atom is 0.462 e. The van der Waals surface area contributed by atoms with Gasteiger partial charge in [-0.3, -0.25) is 9.47 Å². The average Bonchev–Trinajstić information content (AvgIpc) is 2.70. The molecule has 1 N–H and O–H groups in total. The number of hydrogen-bond acceptors (Lipinski definition) is 5. The van der Waals surface area contributed by atoms with E-state index in [9.17, 15) is 92.9 Å². The Bertz CT molecular complexity index is 732. The maximum atomic E-state index is 13.3. The summed E-state index contributed by atoms with van der Waals surface area (Å²) in [4.78, 5) is 0. The van der Waals surface area contributed by atoms with Crippen molar-refractivity contribution < 1.29 is 112 Å². The predicted octanol–water partition coefficient (Wildman–Crippen LogP) is 5.86. The molecule has 0 fully saturated rings. The first-order chi connectivity index (χ1) is 17.4. The van der Waals surface area contributed by atoms with Gasteiger partial charge in [0.2, 0.25) is 0 Å². The second kappa shape index (κ2) is 12.3. The summed E-state index contributed by atoms with van der Waals surface area (Å²) in [6, 6.07) is 0. The molecular formula is C15H12F20O5. The highest BCUT2D eigenvalue weighted by Crippen LogP contribution is 2.49. The van der Waals surface area contributed by atoms with Crippen molar-refractivity contribution in [1.29, 1.82) is 0 Å². The molecule has 2 unspecified atom stereocenters. The van der Waals surface area contributed by atoms with E-state index in [-0.39, 0.29) is 0 Å². The van der Waals surface area contributed by atoms with Crippen molar-refractivity contribution in [3.05, 3.63) is 0 Å². The number of alkyl halides is 20. The number of hydrogen-bond donors (Lipinski definition) is 1. The van der Waals surface area contributed by atoms with Crippen molar-refractivity contribution in [1.82, 2.24) is 0 Å². The molecule has 5 nitrogen and oxygen atoms in total. The highest BCUT2D eigenvalue weighted by Gasteiger charge is 2.77. The van der Waals surface area contributed by atoms with Crippen LogP contribution >= 0.6 is 0 Å². The van der Waals surface area contributed by atoms with Crippen molar-refractivity contribution in [3.63, 3.8) is 0 Å². The highest BCUT2D eigenvalue weighted by molar-refractivity contribution is 4.87. The van der Waals surface area contributed by atoms with Gasteiger partial charge in [-0.1, -0.05) is 0 Å². The van der Waals surface area contributed by atoms with Crippen LogP contribution in [-0.4, -0.2) is 98.6 Å². The fourth-order valence-corrected chi connectivity index (χ4v) is 1.75. The van der Waals surface area contributed by atoms with Crippen molar-refractivity contribution >= 4 is 0 Å². The van der Waals surface area contributed by atoms with Crippen LogP contribution in [0.5, 0.6) is 0 Å². The summed E-state index contributed by atoms with van der Waals surface area (Å²) in [6.45, 7) is -8.29. The lowest BCUT2D eigenvalue weighted by Crippen LogP contribution is -2.56. The molecule has 0 bridgehead atoms. The van der Waals surface area contributed by atoms with Crippen LogP contribution in [0.15, 0.2) is 0 Å². The lowest BCUT2D eigenvalue weighted by atomic mass is 10.3. The van der Waals surface area contributed by atoms with Crippen molar-refractivity contribution in [2.45, 2.75) is 67.1 Å². The van der Waals surface area contributed by atoms with Gasteiger partial charge in [0.15, 0.2) is 0 Å². The SMILES string of the molecule is OC(COCC(F)(F)C(F)OC(F)(F)C(F)(F)C(F)(F)F)COCC(F)(F)C(F)OC(F)(F)C(F)(F)C(F)(F)F. The molecule has 0 amide bonds. The van der Waals surface area contributed by atoms with Crippen LogP contribution in [0, 0.1) is 0 Å². The topological polar surface area (TPSA) is 57.2 Å². The van der Waals surface area contributed by atoms with E-state index in [1.54, 1.807) is 0 Å². The minimum atomic E-state index is -7.16. The molecule has 0 aromatic rings. The van der Waals surface area contributed by atoms with Crippen LogP contribution in [0.2, 0.25) is 0 Å². The van der Waals surface area contributed by atoms with Crippen LogP contribution in [0.25, 0.3) is 0 Å². The first kappa shape index (κ1) is 38.4. The first-order valence-electron chi connectivity index (χ1n) is 9.23. The van der Waals surface area contributed by atoms with Crippen LogP contribution < -0.4 is 0 Å². The normalized spacial score (nSPS) is 17.6. The van der Waals surface area contributed by atoms with Crippen molar-refractivity contribution in [3.8, 4) is 0 Å². The minimum absolute atomic E-state index is 1.62. The van der Waals surface area contributed by atoms with E-state index in [2.05, 4.69) is 18.9 Å². The van der Waals surface area contributed by atoms with Crippen LogP contribution in [0.3, 0.4) is 0 Å². The molecule has 0 radical (unpaired) electrons. The molecule has 0 aromatic carbocycles. The number of aliphatic hydroxyl groups is 1. The Kier molecular flexibility index (Phi) is 11.8. The summed E-state index contributed by atoms with van der Waals surface area (Å²) >= 11 is 0. The molecule has 0 heterocycles. The molecule has 0 rings (SSSR count). The van der Waals surface area contributed by atoms with E-state index >= 15 is 0 Å². The monoisotopic (exact) mass is 652 g/mol. The molecule has 0 saturated carbocycles. The summed E-state index contributed by atoms with van der Waals surface area (Å²) in [6.07, 6.45) is -40.2. The molecule has 0 spiro atoms. The summed E-state index contributed by atoms with van der Waals surface area (Å²) in [5, 5.41) is 9.21. The largest absolute Gasteiger partial charge is 0.462 e.